The third kappa shape index (κ3) is 2.82. The molecule has 0 aliphatic carbocycles. The molecule has 0 aromatic heterocycles. The van der Waals surface area contributed by atoms with E-state index in [1.54, 1.807) is 19.2 Å². The molecule has 0 aliphatic rings. The summed E-state index contributed by atoms with van der Waals surface area (Å²) in [7, 11) is 3.09. The number of nitrogens with two attached hydrogens (primary N) is 1. The first-order valence-electron chi connectivity index (χ1n) is 5.51. The number of methoxy groups -OCH3 is 2. The van der Waals surface area contributed by atoms with Crippen molar-refractivity contribution in [3.63, 3.8) is 0 Å². The largest absolute Gasteiger partial charge is 0.507 e. The van der Waals surface area contributed by atoms with Gasteiger partial charge in [0.2, 0.25) is 0 Å². The van der Waals surface area contributed by atoms with E-state index in [2.05, 4.69) is 0 Å². The van der Waals surface area contributed by atoms with Crippen LogP contribution in [-0.2, 0) is 0 Å². The molecular weight excluding hydrogens is 218 g/mol. The van der Waals surface area contributed by atoms with E-state index in [0.717, 1.165) is 0 Å². The van der Waals surface area contributed by atoms with Gasteiger partial charge in [0.15, 0.2) is 0 Å². The summed E-state index contributed by atoms with van der Waals surface area (Å²) in [6.45, 7) is 6.04. The number of phenolic OH excluding ortho intramolecular Hbond substituents is 1. The van der Waals surface area contributed by atoms with Crippen LogP contribution in [0.5, 0.6) is 17.2 Å². The lowest BCUT2D eigenvalue weighted by molar-refractivity contribution is 0.302. The first-order chi connectivity index (χ1) is 7.81. The lowest BCUT2D eigenvalue weighted by Crippen LogP contribution is -2.26. The molecule has 96 valence electrons. The average Bonchev–Trinajstić information content (AvgIpc) is 2.25. The van der Waals surface area contributed by atoms with Crippen LogP contribution >= 0.6 is 0 Å². The molecule has 0 amide bonds. The van der Waals surface area contributed by atoms with Crippen LogP contribution in [0.2, 0.25) is 0 Å². The predicted octanol–water partition coefficient (Wildman–Crippen LogP) is 2.46. The van der Waals surface area contributed by atoms with Crippen molar-refractivity contribution in [2.24, 2.45) is 11.1 Å². The van der Waals surface area contributed by atoms with E-state index in [0.29, 0.717) is 17.1 Å². The Morgan fingerprint density at radius 1 is 1.18 bits per heavy atom. The Hall–Kier alpha value is -1.42. The topological polar surface area (TPSA) is 64.7 Å². The Labute approximate surface area is 102 Å². The molecule has 0 saturated heterocycles. The molecule has 1 aromatic carbocycles. The van der Waals surface area contributed by atoms with Crippen molar-refractivity contribution < 1.29 is 14.6 Å². The summed E-state index contributed by atoms with van der Waals surface area (Å²) in [5, 5.41) is 10.0. The van der Waals surface area contributed by atoms with Crippen LogP contribution in [-0.4, -0.2) is 19.3 Å². The second kappa shape index (κ2) is 4.84. The number of aromatic hydroxyl groups is 1. The van der Waals surface area contributed by atoms with E-state index >= 15 is 0 Å². The van der Waals surface area contributed by atoms with Gasteiger partial charge in [-0.2, -0.15) is 0 Å². The number of benzene rings is 1. The van der Waals surface area contributed by atoms with Gasteiger partial charge in [0.05, 0.1) is 19.8 Å². The summed E-state index contributed by atoms with van der Waals surface area (Å²) in [4.78, 5) is 0. The molecule has 0 saturated carbocycles. The third-order valence-electron chi connectivity index (χ3n) is 2.79. The minimum atomic E-state index is -0.316. The highest BCUT2D eigenvalue weighted by Crippen LogP contribution is 2.42. The summed E-state index contributed by atoms with van der Waals surface area (Å²) in [5.41, 5.74) is 6.60. The van der Waals surface area contributed by atoms with Gasteiger partial charge < -0.3 is 20.3 Å². The van der Waals surface area contributed by atoms with Crippen molar-refractivity contribution in [1.82, 2.24) is 0 Å². The van der Waals surface area contributed by atoms with Gasteiger partial charge in [0, 0.05) is 18.2 Å². The van der Waals surface area contributed by atoms with Crippen LogP contribution in [0.3, 0.4) is 0 Å². The lowest BCUT2D eigenvalue weighted by Gasteiger charge is -2.29. The minimum absolute atomic E-state index is 0.101. The molecule has 0 heterocycles. The Morgan fingerprint density at radius 3 is 2.18 bits per heavy atom. The first kappa shape index (κ1) is 13.6. The number of hydrogen-bond acceptors (Lipinski definition) is 4. The van der Waals surface area contributed by atoms with Crippen LogP contribution < -0.4 is 15.2 Å². The summed E-state index contributed by atoms with van der Waals surface area (Å²) in [6, 6.07) is 2.95. The zero-order chi connectivity index (χ0) is 13.2. The van der Waals surface area contributed by atoms with Gasteiger partial charge in [-0.3, -0.25) is 0 Å². The fraction of sp³-hybridized carbons (Fsp3) is 0.538. The van der Waals surface area contributed by atoms with Crippen LogP contribution in [0, 0.1) is 5.41 Å². The highest BCUT2D eigenvalue weighted by molar-refractivity contribution is 5.52. The minimum Gasteiger partial charge on any atom is -0.507 e. The predicted molar refractivity (Wildman–Crippen MR) is 67.6 cm³/mol. The van der Waals surface area contributed by atoms with Crippen molar-refractivity contribution in [3.8, 4) is 17.2 Å². The van der Waals surface area contributed by atoms with Crippen molar-refractivity contribution >= 4 is 0 Å². The summed E-state index contributed by atoms with van der Waals surface area (Å²) in [5.74, 6) is 1.19. The van der Waals surface area contributed by atoms with E-state index in [1.165, 1.54) is 7.11 Å². The SMILES string of the molecule is COc1cc(O)c([C@@H](N)C(C)(C)C)c(OC)c1. The van der Waals surface area contributed by atoms with E-state index in [1.807, 2.05) is 20.8 Å². The second-order valence-corrected chi connectivity index (χ2v) is 5.11. The number of ether oxygens (including phenoxy) is 2. The monoisotopic (exact) mass is 239 g/mol. The van der Waals surface area contributed by atoms with Crippen LogP contribution in [0.4, 0.5) is 0 Å². The van der Waals surface area contributed by atoms with Crippen molar-refractivity contribution in [3.05, 3.63) is 17.7 Å². The fourth-order valence-corrected chi connectivity index (χ4v) is 1.62. The molecule has 0 radical (unpaired) electrons. The van der Waals surface area contributed by atoms with Gasteiger partial charge in [-0.25, -0.2) is 0 Å². The maximum atomic E-state index is 10.0. The van der Waals surface area contributed by atoms with Crippen molar-refractivity contribution in [2.45, 2.75) is 26.8 Å². The highest BCUT2D eigenvalue weighted by atomic mass is 16.5. The fourth-order valence-electron chi connectivity index (χ4n) is 1.62. The van der Waals surface area contributed by atoms with Gasteiger partial charge in [0.1, 0.15) is 17.2 Å². The maximum Gasteiger partial charge on any atom is 0.131 e. The van der Waals surface area contributed by atoms with Crippen LogP contribution in [0.1, 0.15) is 32.4 Å². The number of hydrogen-bond donors (Lipinski definition) is 2. The van der Waals surface area contributed by atoms with Gasteiger partial charge in [0.25, 0.3) is 0 Å². The first-order valence-corrected chi connectivity index (χ1v) is 5.51. The van der Waals surface area contributed by atoms with Gasteiger partial charge in [-0.15, -0.1) is 0 Å². The second-order valence-electron chi connectivity index (χ2n) is 5.11. The summed E-state index contributed by atoms with van der Waals surface area (Å²) >= 11 is 0. The summed E-state index contributed by atoms with van der Waals surface area (Å²) in [6.07, 6.45) is 0. The quantitative estimate of drug-likeness (QED) is 0.850. The molecule has 17 heavy (non-hydrogen) atoms. The van der Waals surface area contributed by atoms with E-state index in [9.17, 15) is 5.11 Å². The molecule has 4 nitrogen and oxygen atoms in total. The van der Waals surface area contributed by atoms with E-state index in [4.69, 9.17) is 15.2 Å². The number of rotatable bonds is 3. The zero-order valence-corrected chi connectivity index (χ0v) is 11.1. The molecule has 0 spiro atoms. The molecule has 0 unspecified atom stereocenters. The average molecular weight is 239 g/mol. The highest BCUT2D eigenvalue weighted by Gasteiger charge is 2.28. The Balaban J connectivity index is 3.32. The molecule has 0 aliphatic heterocycles. The molecule has 4 heteroatoms. The molecule has 0 fully saturated rings. The third-order valence-corrected chi connectivity index (χ3v) is 2.79. The molecule has 1 rings (SSSR count). The van der Waals surface area contributed by atoms with Crippen molar-refractivity contribution in [1.29, 1.82) is 0 Å². The Morgan fingerprint density at radius 2 is 1.76 bits per heavy atom. The maximum absolute atomic E-state index is 10.0. The van der Waals surface area contributed by atoms with Crippen molar-refractivity contribution in [2.75, 3.05) is 14.2 Å². The molecule has 3 N–H and O–H groups in total. The van der Waals surface area contributed by atoms with Gasteiger partial charge >= 0.3 is 0 Å². The van der Waals surface area contributed by atoms with Crippen LogP contribution in [0.15, 0.2) is 12.1 Å². The molecule has 1 aromatic rings. The van der Waals surface area contributed by atoms with Gasteiger partial charge in [-0.05, 0) is 5.41 Å². The van der Waals surface area contributed by atoms with Crippen LogP contribution in [0.25, 0.3) is 0 Å². The van der Waals surface area contributed by atoms with Gasteiger partial charge in [-0.1, -0.05) is 20.8 Å². The Kier molecular flexibility index (Phi) is 3.88. The Bertz CT molecular complexity index is 396. The molecule has 1 atom stereocenters. The zero-order valence-electron chi connectivity index (χ0n) is 11.1. The standard InChI is InChI=1S/C13H21NO3/c1-13(2,3)12(14)11-9(15)6-8(16-4)7-10(11)17-5/h6-7,12,15H,14H2,1-5H3/t12-/m1/s1. The number of phenols is 1. The summed E-state index contributed by atoms with van der Waals surface area (Å²) < 4.78 is 10.3. The smallest absolute Gasteiger partial charge is 0.131 e. The van der Waals surface area contributed by atoms with E-state index in [-0.39, 0.29) is 17.2 Å². The van der Waals surface area contributed by atoms with E-state index < -0.39 is 0 Å². The molecular formula is C13H21NO3. The normalized spacial score (nSPS) is 13.3. The lowest BCUT2D eigenvalue weighted by atomic mass is 9.82. The molecule has 0 bridgehead atoms.